The van der Waals surface area contributed by atoms with E-state index in [1.807, 2.05) is 6.08 Å². The predicted molar refractivity (Wildman–Crippen MR) is 364 cm³/mol. The molecule has 2 unspecified atom stereocenters. The number of allylic oxidation sites excluding steroid dienone is 13. The predicted octanol–water partition coefficient (Wildman–Crippen LogP) is 25.0. The lowest BCUT2D eigenvalue weighted by Crippen LogP contribution is -2.45. The van der Waals surface area contributed by atoms with E-state index < -0.39 is 12.1 Å². The molecule has 0 saturated carbocycles. The van der Waals surface area contributed by atoms with Gasteiger partial charge in [0, 0.05) is 6.42 Å². The summed E-state index contributed by atoms with van der Waals surface area (Å²) in [6.07, 6.45) is 106. The molecule has 0 aromatic carbocycles. The number of carbonyl (C=O) groups excluding carboxylic acids is 1. The minimum absolute atomic E-state index is 0.0718. The summed E-state index contributed by atoms with van der Waals surface area (Å²) in [5, 5.41) is 23.3. The highest BCUT2D eigenvalue weighted by molar-refractivity contribution is 5.76. The second-order valence-electron chi connectivity index (χ2n) is 24.6. The molecule has 0 saturated heterocycles. The van der Waals surface area contributed by atoms with Gasteiger partial charge >= 0.3 is 0 Å². The second-order valence-corrected chi connectivity index (χ2v) is 24.6. The largest absolute Gasteiger partial charge is 0.394 e. The third kappa shape index (κ3) is 68.2. The van der Waals surface area contributed by atoms with E-state index in [0.29, 0.717) is 6.42 Å². The molecule has 3 N–H and O–H groups in total. The van der Waals surface area contributed by atoms with Crippen LogP contribution in [0, 0.1) is 0 Å². The molecule has 0 heterocycles. The molecule has 0 rings (SSSR count). The fourth-order valence-electron chi connectivity index (χ4n) is 11.1. The van der Waals surface area contributed by atoms with Crippen LogP contribution >= 0.6 is 0 Å². The normalized spacial score (nSPS) is 13.2. The van der Waals surface area contributed by atoms with Crippen molar-refractivity contribution < 1.29 is 15.0 Å². The van der Waals surface area contributed by atoms with Crippen LogP contribution in [0.1, 0.15) is 380 Å². The Morgan fingerprint density at radius 3 is 0.864 bits per heavy atom. The Labute approximate surface area is 507 Å². The number of rotatable bonds is 67. The Morgan fingerprint density at radius 2 is 0.556 bits per heavy atom. The highest BCUT2D eigenvalue weighted by Crippen LogP contribution is 2.19. The summed E-state index contributed by atoms with van der Waals surface area (Å²) < 4.78 is 0. The summed E-state index contributed by atoms with van der Waals surface area (Å²) in [7, 11) is 0. The van der Waals surface area contributed by atoms with Crippen molar-refractivity contribution in [3.63, 3.8) is 0 Å². The molecule has 0 radical (unpaired) electrons. The highest BCUT2D eigenvalue weighted by atomic mass is 16.3. The van der Waals surface area contributed by atoms with E-state index >= 15 is 0 Å². The lowest BCUT2D eigenvalue weighted by atomic mass is 10.0. The molecule has 0 bridgehead atoms. The fraction of sp³-hybridized carbons (Fsp3) is 0.805. The SMILES string of the molecule is CC/C=C\C/C=C\C/C=C\C/C=C\CCCCCCCCCCCCCCCCCCCCCCCCCCCCCCC(=O)NC(CO)C(O)/C=C/CC/C=C/CC/C=C/CCCCCCCCCCCCCCCCCCCC. The van der Waals surface area contributed by atoms with Gasteiger partial charge in [0.05, 0.1) is 18.8 Å². The molecule has 0 aromatic rings. The summed E-state index contributed by atoms with van der Waals surface area (Å²) in [6, 6.07) is -0.648. The Bertz CT molecular complexity index is 1420. The van der Waals surface area contributed by atoms with Crippen molar-refractivity contribution in [2.45, 2.75) is 392 Å². The van der Waals surface area contributed by atoms with Crippen molar-refractivity contribution in [3.05, 3.63) is 85.1 Å². The fourth-order valence-corrected chi connectivity index (χ4v) is 11.1. The number of amides is 1. The van der Waals surface area contributed by atoms with E-state index in [9.17, 15) is 15.0 Å². The molecule has 0 aliphatic carbocycles. The average molecular weight is 1130 g/mol. The topological polar surface area (TPSA) is 69.6 Å². The molecule has 4 nitrogen and oxygen atoms in total. The molecule has 2 atom stereocenters. The summed E-state index contributed by atoms with van der Waals surface area (Å²) in [5.41, 5.74) is 0. The Hall–Kier alpha value is -2.43. The Kier molecular flexibility index (Phi) is 69.7. The van der Waals surface area contributed by atoms with Crippen molar-refractivity contribution in [2.24, 2.45) is 0 Å². The summed E-state index contributed by atoms with van der Waals surface area (Å²) in [6.45, 7) is 4.22. The maximum absolute atomic E-state index is 12.5. The molecule has 0 aliphatic rings. The van der Waals surface area contributed by atoms with Gasteiger partial charge in [0.25, 0.3) is 0 Å². The number of aliphatic hydroxyl groups excluding tert-OH is 2. The number of carbonyl (C=O) groups is 1. The Balaban J connectivity index is 3.45. The van der Waals surface area contributed by atoms with Crippen molar-refractivity contribution in [1.82, 2.24) is 5.32 Å². The standard InChI is InChI=1S/C77H141NO3/c1-3-5-7-9-11-13-15-17-19-21-23-25-27-29-31-33-34-35-36-37-38-39-40-41-42-43-44-45-47-49-51-53-55-57-59-61-63-65-67-69-71-73-77(81)78-75(74-79)76(80)72-70-68-66-64-62-60-58-56-54-52-50-48-46-32-30-28-26-24-22-20-18-16-14-12-10-8-6-4-2/h5,7,11,13,17,19,23,25,54,56,62,64,70,72,75-76,79-80H,3-4,6,8-10,12,14-16,18,20-22,24,26-53,55,57-61,63,65-69,71,73-74H2,1-2H3,(H,78,81)/b7-5-,13-11-,19-17-,25-23-,56-54+,64-62+,72-70+. The van der Waals surface area contributed by atoms with Crippen LogP contribution in [0.4, 0.5) is 0 Å². The van der Waals surface area contributed by atoms with E-state index in [1.54, 1.807) is 6.08 Å². The van der Waals surface area contributed by atoms with Crippen LogP contribution in [0.5, 0.6) is 0 Å². The molecule has 0 aromatic heterocycles. The molecule has 472 valence electrons. The van der Waals surface area contributed by atoms with Crippen LogP contribution in [-0.4, -0.2) is 34.9 Å². The van der Waals surface area contributed by atoms with Gasteiger partial charge in [0.2, 0.25) is 5.91 Å². The zero-order valence-electron chi connectivity index (χ0n) is 54.6. The van der Waals surface area contributed by atoms with Crippen LogP contribution in [0.15, 0.2) is 85.1 Å². The first-order chi connectivity index (χ1) is 40.2. The quantitative estimate of drug-likeness (QED) is 0.0420. The van der Waals surface area contributed by atoms with Crippen molar-refractivity contribution in [3.8, 4) is 0 Å². The zero-order chi connectivity index (χ0) is 58.4. The molecule has 4 heteroatoms. The molecular formula is C77H141NO3. The molecule has 0 aliphatic heterocycles. The van der Waals surface area contributed by atoms with Crippen LogP contribution in [0.3, 0.4) is 0 Å². The van der Waals surface area contributed by atoms with E-state index in [-0.39, 0.29) is 12.5 Å². The number of hydrogen-bond donors (Lipinski definition) is 3. The van der Waals surface area contributed by atoms with Gasteiger partial charge < -0.3 is 15.5 Å². The van der Waals surface area contributed by atoms with Gasteiger partial charge in [0.1, 0.15) is 0 Å². The lowest BCUT2D eigenvalue weighted by Gasteiger charge is -2.19. The molecule has 0 fully saturated rings. The summed E-state index contributed by atoms with van der Waals surface area (Å²) >= 11 is 0. The third-order valence-corrected chi connectivity index (χ3v) is 16.6. The third-order valence-electron chi connectivity index (χ3n) is 16.6. The first kappa shape index (κ1) is 78.6. The van der Waals surface area contributed by atoms with E-state index in [4.69, 9.17) is 0 Å². The van der Waals surface area contributed by atoms with Gasteiger partial charge in [-0.1, -0.05) is 375 Å². The molecule has 1 amide bonds. The smallest absolute Gasteiger partial charge is 0.220 e. The van der Waals surface area contributed by atoms with Gasteiger partial charge in [0.15, 0.2) is 0 Å². The minimum Gasteiger partial charge on any atom is -0.394 e. The van der Waals surface area contributed by atoms with Gasteiger partial charge in [-0.25, -0.2) is 0 Å². The monoisotopic (exact) mass is 1130 g/mol. The number of aliphatic hydroxyl groups is 2. The minimum atomic E-state index is -0.873. The van der Waals surface area contributed by atoms with Gasteiger partial charge in [-0.2, -0.15) is 0 Å². The highest BCUT2D eigenvalue weighted by Gasteiger charge is 2.18. The van der Waals surface area contributed by atoms with Crippen molar-refractivity contribution in [2.75, 3.05) is 6.61 Å². The average Bonchev–Trinajstić information content (AvgIpc) is 3.47. The first-order valence-corrected chi connectivity index (χ1v) is 36.3. The first-order valence-electron chi connectivity index (χ1n) is 36.3. The zero-order valence-corrected chi connectivity index (χ0v) is 54.6. The molecule has 0 spiro atoms. The maximum Gasteiger partial charge on any atom is 0.220 e. The van der Waals surface area contributed by atoms with E-state index in [2.05, 4.69) is 92.1 Å². The number of unbranched alkanes of at least 4 members (excludes halogenated alkanes) is 48. The number of nitrogens with one attached hydrogen (secondary N) is 1. The molecule has 81 heavy (non-hydrogen) atoms. The summed E-state index contributed by atoms with van der Waals surface area (Å²) in [5.74, 6) is -0.0718. The van der Waals surface area contributed by atoms with Crippen molar-refractivity contribution >= 4 is 5.91 Å². The van der Waals surface area contributed by atoms with Crippen LogP contribution in [0.2, 0.25) is 0 Å². The van der Waals surface area contributed by atoms with Crippen LogP contribution in [-0.2, 0) is 4.79 Å². The van der Waals surface area contributed by atoms with Crippen molar-refractivity contribution in [1.29, 1.82) is 0 Å². The van der Waals surface area contributed by atoms with Crippen LogP contribution < -0.4 is 5.32 Å². The van der Waals surface area contributed by atoms with Gasteiger partial charge in [-0.15, -0.1) is 0 Å². The van der Waals surface area contributed by atoms with E-state index in [0.717, 1.165) is 64.2 Å². The summed E-state index contributed by atoms with van der Waals surface area (Å²) in [4.78, 5) is 12.5. The van der Waals surface area contributed by atoms with E-state index in [1.165, 1.54) is 295 Å². The van der Waals surface area contributed by atoms with Gasteiger partial charge in [-0.05, 0) is 83.5 Å². The molecular weight excluding hydrogens is 987 g/mol. The van der Waals surface area contributed by atoms with Crippen LogP contribution in [0.25, 0.3) is 0 Å². The maximum atomic E-state index is 12.5. The number of hydrogen-bond acceptors (Lipinski definition) is 3. The second kappa shape index (κ2) is 71.8. The lowest BCUT2D eigenvalue weighted by molar-refractivity contribution is -0.123. The van der Waals surface area contributed by atoms with Gasteiger partial charge in [-0.3, -0.25) is 4.79 Å². The Morgan fingerprint density at radius 1 is 0.309 bits per heavy atom.